The lowest BCUT2D eigenvalue weighted by Gasteiger charge is -2.26. The number of Topliss-reactive ketones (excluding diaryl/α,β-unsaturated/α-hetero) is 1. The number of methoxy groups -OCH3 is 2. The molecule has 1 amide bonds. The zero-order valence-corrected chi connectivity index (χ0v) is 22.1. The first-order valence-electron chi connectivity index (χ1n) is 12.3. The number of carbonyl (C=O) groups excluding carboxylic acids is 2. The first-order chi connectivity index (χ1) is 17.2. The Labute approximate surface area is 213 Å². The maximum Gasteiger partial charge on any atom is 0.295 e. The van der Waals surface area contributed by atoms with E-state index in [1.165, 1.54) is 4.90 Å². The Kier molecular flexibility index (Phi) is 9.15. The first-order valence-corrected chi connectivity index (χ1v) is 12.3. The largest absolute Gasteiger partial charge is 0.507 e. The Hall–Kier alpha value is -3.32. The van der Waals surface area contributed by atoms with E-state index in [2.05, 4.69) is 13.8 Å². The van der Waals surface area contributed by atoms with Crippen molar-refractivity contribution in [2.24, 2.45) is 5.92 Å². The van der Waals surface area contributed by atoms with Gasteiger partial charge in [0.1, 0.15) is 5.76 Å². The molecule has 2 aromatic rings. The van der Waals surface area contributed by atoms with Gasteiger partial charge in [-0.3, -0.25) is 9.59 Å². The Bertz CT molecular complexity index is 1140. The van der Waals surface area contributed by atoms with Gasteiger partial charge in [-0.15, -0.1) is 0 Å². The summed E-state index contributed by atoms with van der Waals surface area (Å²) in [6.07, 6.45) is 1.46. The summed E-state index contributed by atoms with van der Waals surface area (Å²) in [5, 5.41) is 11.4. The number of benzene rings is 2. The van der Waals surface area contributed by atoms with Crippen LogP contribution >= 0.6 is 0 Å². The molecule has 0 bridgehead atoms. The fourth-order valence-corrected chi connectivity index (χ4v) is 4.35. The molecular formula is C29H37NO6. The molecule has 1 aliphatic rings. The number of aryl methyl sites for hydroxylation is 2. The molecule has 194 valence electrons. The number of ketones is 1. The lowest BCUT2D eigenvalue weighted by atomic mass is 9.93. The Morgan fingerprint density at radius 2 is 1.78 bits per heavy atom. The third kappa shape index (κ3) is 5.90. The Morgan fingerprint density at radius 3 is 2.44 bits per heavy atom. The molecule has 0 radical (unpaired) electrons. The number of aliphatic hydroxyl groups excluding tert-OH is 1. The molecule has 7 nitrogen and oxygen atoms in total. The molecule has 1 saturated heterocycles. The van der Waals surface area contributed by atoms with E-state index >= 15 is 0 Å². The van der Waals surface area contributed by atoms with Gasteiger partial charge < -0.3 is 24.2 Å². The highest BCUT2D eigenvalue weighted by Gasteiger charge is 2.46. The van der Waals surface area contributed by atoms with Crippen molar-refractivity contribution in [2.45, 2.75) is 46.6 Å². The van der Waals surface area contributed by atoms with Crippen molar-refractivity contribution >= 4 is 17.4 Å². The van der Waals surface area contributed by atoms with E-state index in [-0.39, 0.29) is 11.3 Å². The summed E-state index contributed by atoms with van der Waals surface area (Å²) in [5.41, 5.74) is 3.02. The fourth-order valence-electron chi connectivity index (χ4n) is 4.35. The van der Waals surface area contributed by atoms with E-state index in [0.29, 0.717) is 54.7 Å². The minimum atomic E-state index is -0.764. The van der Waals surface area contributed by atoms with Crippen LogP contribution in [-0.4, -0.2) is 55.7 Å². The number of amides is 1. The summed E-state index contributed by atoms with van der Waals surface area (Å²) >= 11 is 0. The Balaban J connectivity index is 2.11. The number of likely N-dealkylation sites (tertiary alicyclic amines) is 1. The molecule has 7 heteroatoms. The fraction of sp³-hybridized carbons (Fsp3) is 0.448. The molecule has 0 aromatic heterocycles. The van der Waals surface area contributed by atoms with E-state index < -0.39 is 17.7 Å². The van der Waals surface area contributed by atoms with Gasteiger partial charge >= 0.3 is 0 Å². The van der Waals surface area contributed by atoms with Gasteiger partial charge in [0.2, 0.25) is 0 Å². The van der Waals surface area contributed by atoms with Crippen LogP contribution in [0.4, 0.5) is 0 Å². The number of carbonyl (C=O) groups is 2. The van der Waals surface area contributed by atoms with Crippen LogP contribution in [0, 0.1) is 19.8 Å². The van der Waals surface area contributed by atoms with Crippen LogP contribution in [0.15, 0.2) is 42.0 Å². The van der Waals surface area contributed by atoms with Crippen LogP contribution in [0.1, 0.15) is 55.0 Å². The van der Waals surface area contributed by atoms with Crippen molar-refractivity contribution in [3.8, 4) is 11.5 Å². The van der Waals surface area contributed by atoms with Crippen molar-refractivity contribution in [3.05, 3.63) is 64.2 Å². The normalized spacial score (nSPS) is 17.2. The van der Waals surface area contributed by atoms with Crippen LogP contribution in [0.25, 0.3) is 5.76 Å². The number of aliphatic hydroxyl groups is 1. The molecule has 3 rings (SSSR count). The van der Waals surface area contributed by atoms with Gasteiger partial charge in [0.25, 0.3) is 11.7 Å². The summed E-state index contributed by atoms with van der Waals surface area (Å²) in [6.45, 7) is 9.35. The standard InChI is InChI=1S/C29H37NO6/c1-18(2)12-15-36-23-11-10-21(17-24(23)35-6)26-25(27(31)22-16-19(3)8-9-20(22)4)28(32)29(33)30(26)13-7-14-34-5/h8-11,16-18,26,31H,7,12-15H2,1-6H3. The summed E-state index contributed by atoms with van der Waals surface area (Å²) < 4.78 is 16.7. The average Bonchev–Trinajstić information content (AvgIpc) is 3.10. The minimum Gasteiger partial charge on any atom is -0.507 e. The van der Waals surface area contributed by atoms with Crippen LogP contribution in [0.2, 0.25) is 0 Å². The molecule has 1 heterocycles. The molecule has 1 atom stereocenters. The monoisotopic (exact) mass is 495 g/mol. The topological polar surface area (TPSA) is 85.3 Å². The zero-order valence-electron chi connectivity index (χ0n) is 22.1. The highest BCUT2D eigenvalue weighted by molar-refractivity contribution is 6.46. The predicted molar refractivity (Wildman–Crippen MR) is 139 cm³/mol. The van der Waals surface area contributed by atoms with Gasteiger partial charge in [-0.05, 0) is 61.9 Å². The minimum absolute atomic E-state index is 0.0710. The maximum atomic E-state index is 13.3. The van der Waals surface area contributed by atoms with Crippen molar-refractivity contribution in [2.75, 3.05) is 34.0 Å². The smallest absolute Gasteiger partial charge is 0.295 e. The number of nitrogens with zero attached hydrogens (tertiary/aromatic N) is 1. The molecule has 1 unspecified atom stereocenters. The maximum absolute atomic E-state index is 13.3. The third-order valence-electron chi connectivity index (χ3n) is 6.39. The Morgan fingerprint density at radius 1 is 1.03 bits per heavy atom. The van der Waals surface area contributed by atoms with Gasteiger partial charge in [-0.1, -0.05) is 37.6 Å². The van der Waals surface area contributed by atoms with E-state index in [0.717, 1.165) is 17.5 Å². The summed E-state index contributed by atoms with van der Waals surface area (Å²) in [4.78, 5) is 27.9. The van der Waals surface area contributed by atoms with E-state index in [9.17, 15) is 14.7 Å². The second kappa shape index (κ2) is 12.1. The lowest BCUT2D eigenvalue weighted by Crippen LogP contribution is -2.31. The third-order valence-corrected chi connectivity index (χ3v) is 6.39. The molecule has 0 aliphatic carbocycles. The van der Waals surface area contributed by atoms with Gasteiger partial charge in [-0.2, -0.15) is 0 Å². The van der Waals surface area contributed by atoms with Crippen molar-refractivity contribution in [1.29, 1.82) is 0 Å². The van der Waals surface area contributed by atoms with Crippen LogP contribution in [-0.2, 0) is 14.3 Å². The highest BCUT2D eigenvalue weighted by atomic mass is 16.5. The van der Waals surface area contributed by atoms with Gasteiger partial charge in [0.05, 0.1) is 25.3 Å². The zero-order chi connectivity index (χ0) is 26.4. The second-order valence-corrected chi connectivity index (χ2v) is 9.60. The predicted octanol–water partition coefficient (Wildman–Crippen LogP) is 5.20. The molecule has 2 aromatic carbocycles. The number of rotatable bonds is 11. The summed E-state index contributed by atoms with van der Waals surface area (Å²) in [5.74, 6) is 0.0849. The molecule has 1 aliphatic heterocycles. The SMILES string of the molecule is COCCCN1C(=O)C(=O)C(=C(O)c2cc(C)ccc2C)C1c1ccc(OCCC(C)C)c(OC)c1. The average molecular weight is 496 g/mol. The van der Waals surface area contributed by atoms with Crippen molar-refractivity contribution in [3.63, 3.8) is 0 Å². The van der Waals surface area contributed by atoms with Crippen LogP contribution in [0.5, 0.6) is 11.5 Å². The van der Waals surface area contributed by atoms with Gasteiger partial charge in [0, 0.05) is 25.8 Å². The quantitative estimate of drug-likeness (QED) is 0.200. The molecule has 0 spiro atoms. The van der Waals surface area contributed by atoms with E-state index in [1.54, 1.807) is 26.4 Å². The molecule has 1 fully saturated rings. The highest BCUT2D eigenvalue weighted by Crippen LogP contribution is 2.42. The molecule has 0 saturated carbocycles. The lowest BCUT2D eigenvalue weighted by molar-refractivity contribution is -0.140. The van der Waals surface area contributed by atoms with E-state index in [4.69, 9.17) is 14.2 Å². The van der Waals surface area contributed by atoms with Crippen LogP contribution in [0.3, 0.4) is 0 Å². The summed E-state index contributed by atoms with van der Waals surface area (Å²) in [7, 11) is 3.15. The second-order valence-electron chi connectivity index (χ2n) is 9.60. The van der Waals surface area contributed by atoms with Crippen molar-refractivity contribution in [1.82, 2.24) is 4.90 Å². The first kappa shape index (κ1) is 27.3. The van der Waals surface area contributed by atoms with Gasteiger partial charge in [0.15, 0.2) is 11.5 Å². The number of hydrogen-bond donors (Lipinski definition) is 1. The van der Waals surface area contributed by atoms with Gasteiger partial charge in [-0.25, -0.2) is 0 Å². The molecular weight excluding hydrogens is 458 g/mol. The molecule has 36 heavy (non-hydrogen) atoms. The van der Waals surface area contributed by atoms with Crippen molar-refractivity contribution < 1.29 is 28.9 Å². The number of ether oxygens (including phenoxy) is 3. The number of hydrogen-bond acceptors (Lipinski definition) is 6. The molecule has 1 N–H and O–H groups in total. The summed E-state index contributed by atoms with van der Waals surface area (Å²) in [6, 6.07) is 10.3. The van der Waals surface area contributed by atoms with E-state index in [1.807, 2.05) is 38.1 Å². The van der Waals surface area contributed by atoms with Crippen LogP contribution < -0.4 is 9.47 Å².